The van der Waals surface area contributed by atoms with E-state index < -0.39 is 11.4 Å². The van der Waals surface area contributed by atoms with Crippen LogP contribution in [-0.2, 0) is 16.0 Å². The second-order valence-electron chi connectivity index (χ2n) is 4.61. The first-order valence-electron chi connectivity index (χ1n) is 5.48. The van der Waals surface area contributed by atoms with Gasteiger partial charge in [0, 0.05) is 18.5 Å². The summed E-state index contributed by atoms with van der Waals surface area (Å²) in [6.45, 7) is 3.37. The molecule has 0 bridgehead atoms. The van der Waals surface area contributed by atoms with Crippen LogP contribution in [0.25, 0.3) is 0 Å². The molecule has 0 atom stereocenters. The maximum absolute atomic E-state index is 12.0. The maximum Gasteiger partial charge on any atom is 0.318 e. The smallest absolute Gasteiger partial charge is 0.318 e. The van der Waals surface area contributed by atoms with Gasteiger partial charge in [-0.3, -0.25) is 9.59 Å². The molecule has 0 aliphatic heterocycles. The van der Waals surface area contributed by atoms with Crippen molar-refractivity contribution in [1.29, 1.82) is 0 Å². The summed E-state index contributed by atoms with van der Waals surface area (Å²) in [6.07, 6.45) is 0.730. The van der Waals surface area contributed by atoms with Crippen molar-refractivity contribution in [2.45, 2.75) is 20.3 Å². The number of carbonyl (C=O) groups is 2. The first kappa shape index (κ1) is 15.2. The lowest BCUT2D eigenvalue weighted by Crippen LogP contribution is -2.44. The number of likely N-dealkylation sites (N-methyl/N-ethyl adjacent to an activating group) is 1. The molecule has 0 aliphatic carbocycles. The first-order chi connectivity index (χ1) is 8.25. The Kier molecular flexibility index (Phi) is 4.92. The van der Waals surface area contributed by atoms with Crippen molar-refractivity contribution in [1.82, 2.24) is 4.90 Å². The molecule has 18 heavy (non-hydrogen) atoms. The molecule has 4 nitrogen and oxygen atoms in total. The van der Waals surface area contributed by atoms with Gasteiger partial charge in [-0.05, 0) is 48.3 Å². The SMILES string of the molecule is CN(CCc1ccc(Br)s1)C(=O)C(C)(C)C(=O)O. The lowest BCUT2D eigenvalue weighted by atomic mass is 9.92. The van der Waals surface area contributed by atoms with Crippen molar-refractivity contribution in [3.63, 3.8) is 0 Å². The van der Waals surface area contributed by atoms with E-state index in [0.717, 1.165) is 15.1 Å². The van der Waals surface area contributed by atoms with Crippen LogP contribution in [0, 0.1) is 5.41 Å². The highest BCUT2D eigenvalue weighted by molar-refractivity contribution is 9.11. The fraction of sp³-hybridized carbons (Fsp3) is 0.500. The Bertz CT molecular complexity index is 456. The van der Waals surface area contributed by atoms with E-state index in [1.807, 2.05) is 12.1 Å². The van der Waals surface area contributed by atoms with Gasteiger partial charge in [0.15, 0.2) is 0 Å². The van der Waals surface area contributed by atoms with Crippen molar-refractivity contribution in [2.75, 3.05) is 13.6 Å². The van der Waals surface area contributed by atoms with Crippen molar-refractivity contribution in [3.05, 3.63) is 20.8 Å². The van der Waals surface area contributed by atoms with E-state index in [4.69, 9.17) is 5.11 Å². The van der Waals surface area contributed by atoms with E-state index in [0.29, 0.717) is 6.54 Å². The van der Waals surface area contributed by atoms with Gasteiger partial charge in [-0.2, -0.15) is 0 Å². The van der Waals surface area contributed by atoms with E-state index in [-0.39, 0.29) is 5.91 Å². The number of halogens is 1. The zero-order valence-electron chi connectivity index (χ0n) is 10.6. The number of nitrogens with zero attached hydrogens (tertiary/aromatic N) is 1. The van der Waals surface area contributed by atoms with E-state index >= 15 is 0 Å². The van der Waals surface area contributed by atoms with Crippen molar-refractivity contribution < 1.29 is 14.7 Å². The standard InChI is InChI=1S/C12H16BrNO3S/c1-12(2,11(16)17)10(15)14(3)7-6-8-4-5-9(13)18-8/h4-5H,6-7H2,1-3H3,(H,16,17). The van der Waals surface area contributed by atoms with Crippen LogP contribution in [0.1, 0.15) is 18.7 Å². The number of aliphatic carboxylic acids is 1. The highest BCUT2D eigenvalue weighted by atomic mass is 79.9. The average Bonchev–Trinajstić information content (AvgIpc) is 2.70. The lowest BCUT2D eigenvalue weighted by Gasteiger charge is -2.25. The average molecular weight is 334 g/mol. The van der Waals surface area contributed by atoms with E-state index in [2.05, 4.69) is 15.9 Å². The molecular formula is C12H16BrNO3S. The Balaban J connectivity index is 2.58. The summed E-state index contributed by atoms with van der Waals surface area (Å²) in [4.78, 5) is 25.6. The third-order valence-corrected chi connectivity index (χ3v) is 4.42. The summed E-state index contributed by atoms with van der Waals surface area (Å²) in [6, 6.07) is 3.96. The van der Waals surface area contributed by atoms with Crippen LogP contribution < -0.4 is 0 Å². The molecule has 1 N–H and O–H groups in total. The number of amides is 1. The molecule has 0 fully saturated rings. The Morgan fingerprint density at radius 1 is 1.44 bits per heavy atom. The van der Waals surface area contributed by atoms with Crippen LogP contribution >= 0.6 is 27.3 Å². The van der Waals surface area contributed by atoms with Crippen molar-refractivity contribution in [2.24, 2.45) is 5.41 Å². The summed E-state index contributed by atoms with van der Waals surface area (Å²) in [5.74, 6) is -1.47. The molecule has 1 rings (SSSR count). The molecule has 0 radical (unpaired) electrons. The minimum absolute atomic E-state index is 0.370. The molecule has 6 heteroatoms. The highest BCUT2D eigenvalue weighted by Crippen LogP contribution is 2.23. The molecule has 1 amide bonds. The van der Waals surface area contributed by atoms with Gasteiger partial charge in [-0.15, -0.1) is 11.3 Å². The molecule has 0 saturated carbocycles. The fourth-order valence-electron chi connectivity index (χ4n) is 1.43. The monoisotopic (exact) mass is 333 g/mol. The third kappa shape index (κ3) is 3.55. The van der Waals surface area contributed by atoms with Gasteiger partial charge in [0.2, 0.25) is 5.91 Å². The molecule has 100 valence electrons. The third-order valence-electron chi connectivity index (χ3n) is 2.74. The molecule has 1 heterocycles. The van der Waals surface area contributed by atoms with Crippen LogP contribution in [0.4, 0.5) is 0 Å². The largest absolute Gasteiger partial charge is 0.480 e. The molecule has 1 aromatic rings. The number of carboxylic acid groups (broad SMARTS) is 1. The number of carboxylic acids is 1. The number of rotatable bonds is 5. The van der Waals surface area contributed by atoms with Crippen LogP contribution in [0.2, 0.25) is 0 Å². The normalized spacial score (nSPS) is 11.3. The summed E-state index contributed by atoms with van der Waals surface area (Å²) >= 11 is 5.00. The summed E-state index contributed by atoms with van der Waals surface area (Å²) in [5, 5.41) is 9.00. The summed E-state index contributed by atoms with van der Waals surface area (Å²) in [5.41, 5.74) is -1.37. The summed E-state index contributed by atoms with van der Waals surface area (Å²) in [7, 11) is 1.63. The van der Waals surface area contributed by atoms with Gasteiger partial charge in [0.25, 0.3) is 0 Å². The van der Waals surface area contributed by atoms with Crippen LogP contribution in [-0.4, -0.2) is 35.5 Å². The van der Waals surface area contributed by atoms with Gasteiger partial charge >= 0.3 is 5.97 Å². The van der Waals surface area contributed by atoms with E-state index in [1.54, 1.807) is 18.4 Å². The van der Waals surface area contributed by atoms with Crippen molar-refractivity contribution in [3.8, 4) is 0 Å². The molecule has 0 aliphatic rings. The second kappa shape index (κ2) is 5.84. The van der Waals surface area contributed by atoms with Gasteiger partial charge in [0.1, 0.15) is 5.41 Å². The Labute approximate surface area is 119 Å². The molecule has 1 aromatic heterocycles. The van der Waals surface area contributed by atoms with Crippen LogP contribution in [0.3, 0.4) is 0 Å². The van der Waals surface area contributed by atoms with E-state index in [1.165, 1.54) is 18.7 Å². The van der Waals surface area contributed by atoms with Gasteiger partial charge < -0.3 is 10.0 Å². The zero-order chi connectivity index (χ0) is 13.9. The van der Waals surface area contributed by atoms with Gasteiger partial charge in [-0.1, -0.05) is 0 Å². The number of carbonyl (C=O) groups excluding carboxylic acids is 1. The molecular weight excluding hydrogens is 318 g/mol. The Hall–Kier alpha value is -0.880. The highest BCUT2D eigenvalue weighted by Gasteiger charge is 2.37. The maximum atomic E-state index is 12.0. The predicted molar refractivity (Wildman–Crippen MR) is 74.8 cm³/mol. The second-order valence-corrected chi connectivity index (χ2v) is 7.16. The van der Waals surface area contributed by atoms with Crippen LogP contribution in [0.5, 0.6) is 0 Å². The number of hydrogen-bond donors (Lipinski definition) is 1. The Morgan fingerprint density at radius 2 is 2.06 bits per heavy atom. The van der Waals surface area contributed by atoms with Crippen molar-refractivity contribution >= 4 is 39.1 Å². The molecule has 0 spiro atoms. The Morgan fingerprint density at radius 3 is 2.50 bits per heavy atom. The quantitative estimate of drug-likeness (QED) is 0.842. The summed E-state index contributed by atoms with van der Waals surface area (Å²) < 4.78 is 1.05. The fourth-order valence-corrected chi connectivity index (χ4v) is 2.91. The zero-order valence-corrected chi connectivity index (χ0v) is 13.0. The number of hydrogen-bond acceptors (Lipinski definition) is 3. The topological polar surface area (TPSA) is 57.6 Å². The lowest BCUT2D eigenvalue weighted by molar-refractivity contribution is -0.157. The minimum atomic E-state index is -1.37. The first-order valence-corrected chi connectivity index (χ1v) is 7.09. The van der Waals surface area contributed by atoms with Crippen LogP contribution in [0.15, 0.2) is 15.9 Å². The molecule has 0 unspecified atom stereocenters. The van der Waals surface area contributed by atoms with Gasteiger partial charge in [-0.25, -0.2) is 0 Å². The molecule has 0 saturated heterocycles. The molecule has 0 aromatic carbocycles. The number of thiophene rings is 1. The van der Waals surface area contributed by atoms with E-state index in [9.17, 15) is 9.59 Å². The minimum Gasteiger partial charge on any atom is -0.480 e. The van der Waals surface area contributed by atoms with Gasteiger partial charge in [0.05, 0.1) is 3.79 Å². The predicted octanol–water partition coefficient (Wildman–Crippen LogP) is 2.62.